The molecule has 12 amide bonds. The first-order valence-corrected chi connectivity index (χ1v) is 37.5. The van der Waals surface area contributed by atoms with Crippen molar-refractivity contribution in [2.24, 2.45) is 23.7 Å². The van der Waals surface area contributed by atoms with Gasteiger partial charge in [0.25, 0.3) is 0 Å². The van der Waals surface area contributed by atoms with Crippen LogP contribution in [-0.4, -0.2) is 257 Å². The quantitative estimate of drug-likeness (QED) is 0.207. The maximum absolute atomic E-state index is 15.3. The third-order valence-corrected chi connectivity index (χ3v) is 22.5. The van der Waals surface area contributed by atoms with E-state index in [0.717, 1.165) is 70.3 Å². The summed E-state index contributed by atoms with van der Waals surface area (Å²) in [5, 5.41) is 8.29. The number of nitrogens with one attached hydrogen (secondary N) is 3. The van der Waals surface area contributed by atoms with Crippen molar-refractivity contribution in [3.8, 4) is 5.75 Å². The van der Waals surface area contributed by atoms with Gasteiger partial charge in [-0.25, -0.2) is 0 Å². The van der Waals surface area contributed by atoms with Gasteiger partial charge in [0.05, 0.1) is 18.0 Å². The lowest BCUT2D eigenvalue weighted by molar-refractivity contribution is -0.274. The number of carbonyl (C=O) groups is 12. The molecule has 3 N–H and O–H groups in total. The number of nitrogens with zero attached hydrogens (tertiary/aromatic N) is 9. The maximum atomic E-state index is 15.3. The van der Waals surface area contributed by atoms with Crippen LogP contribution in [0.15, 0.2) is 18.2 Å². The normalized spacial score (nSPS) is 27.5. The van der Waals surface area contributed by atoms with Gasteiger partial charge in [-0.15, -0.1) is 13.2 Å². The minimum absolute atomic E-state index is 0.00170. The van der Waals surface area contributed by atoms with Crippen molar-refractivity contribution < 1.29 is 75.4 Å². The van der Waals surface area contributed by atoms with Crippen molar-refractivity contribution in [3.63, 3.8) is 0 Å². The number of fused-ring (bicyclic) bond motifs is 2. The molecule has 0 unspecified atom stereocenters. The van der Waals surface area contributed by atoms with Crippen molar-refractivity contribution >= 4 is 82.5 Å². The Labute approximate surface area is 604 Å². The fourth-order valence-electron chi connectivity index (χ4n) is 15.4. The summed E-state index contributed by atoms with van der Waals surface area (Å²) in [6.07, 6.45) is 6.29. The van der Waals surface area contributed by atoms with Gasteiger partial charge in [-0.05, 0) is 138 Å². The van der Waals surface area contributed by atoms with Crippen molar-refractivity contribution in [2.75, 3.05) is 81.6 Å². The van der Waals surface area contributed by atoms with E-state index in [-0.39, 0.29) is 99.7 Å². The van der Waals surface area contributed by atoms with E-state index in [0.29, 0.717) is 50.8 Å². The summed E-state index contributed by atoms with van der Waals surface area (Å²) < 4.78 is 43.7. The van der Waals surface area contributed by atoms with Crippen LogP contribution in [0.1, 0.15) is 188 Å². The van der Waals surface area contributed by atoms with E-state index in [9.17, 15) is 65.9 Å². The molecule has 0 aromatic heterocycles. The highest BCUT2D eigenvalue weighted by Crippen LogP contribution is 2.35. The van der Waals surface area contributed by atoms with Crippen LogP contribution in [0, 0.1) is 23.7 Å². The minimum Gasteiger partial charge on any atom is -0.404 e. The van der Waals surface area contributed by atoms with Crippen LogP contribution in [0.5, 0.6) is 5.75 Å². The molecule has 6 fully saturated rings. The number of aryl methyl sites for hydroxylation is 1. The Bertz CT molecular complexity index is 3150. The van der Waals surface area contributed by atoms with Gasteiger partial charge in [-0.2, -0.15) is 0 Å². The number of piperidine rings is 1. The molecule has 4 saturated heterocycles. The van der Waals surface area contributed by atoms with Crippen LogP contribution in [-0.2, 0) is 64.0 Å². The Morgan fingerprint density at radius 3 is 1.89 bits per heavy atom. The molecule has 570 valence electrons. The third kappa shape index (κ3) is 21.2. The summed E-state index contributed by atoms with van der Waals surface area (Å²) in [4.78, 5) is 189. The molecular formula is C73H112ClF3N12O13. The predicted molar refractivity (Wildman–Crippen MR) is 375 cm³/mol. The number of likely N-dealkylation sites (N-methyl/N-ethyl adjacent to an activating group) is 6. The molecule has 0 radical (unpaired) electrons. The number of rotatable bonds is 12. The SMILES string of the molecule is CC[C@H](C)[C@@H]1NC(=O)[C@H](CC(C)C)N(C)C(=O)C[C@@H](C(=O)N2CCCCC2)N(C)C(=O)[C@H](C2CCCC2)N(C)C(=O)CCCCNC(=O)[C@@H]2CCCN2C(=O)[C@H](CCc2ccc(OC(F)(F)F)c(Cl)c2)NC(=O)CN(C)C(=O)[C@H](CC2CCCCC2)N(C)C(=O)[C@@H]2CCN2C(=O)[C@H](C)N(C)C1=O. The van der Waals surface area contributed by atoms with Gasteiger partial charge < -0.3 is 64.8 Å². The van der Waals surface area contributed by atoms with E-state index in [1.165, 1.54) is 93.5 Å². The third-order valence-electron chi connectivity index (χ3n) is 22.2. The molecular weight excluding hydrogens is 1350 g/mol. The zero-order valence-electron chi connectivity index (χ0n) is 61.8. The molecule has 10 atom stereocenters. The van der Waals surface area contributed by atoms with Crippen molar-refractivity contribution in [2.45, 2.75) is 249 Å². The van der Waals surface area contributed by atoms with Crippen LogP contribution in [0.3, 0.4) is 0 Å². The molecule has 7 rings (SSSR count). The Kier molecular flexibility index (Phi) is 30.1. The van der Waals surface area contributed by atoms with E-state index >= 15 is 4.79 Å². The van der Waals surface area contributed by atoms with E-state index < -0.39 is 150 Å². The number of alkyl halides is 3. The number of hydrogen-bond acceptors (Lipinski definition) is 13. The van der Waals surface area contributed by atoms with E-state index in [1.54, 1.807) is 18.9 Å². The summed E-state index contributed by atoms with van der Waals surface area (Å²) >= 11 is 6.24. The van der Waals surface area contributed by atoms with Crippen LogP contribution >= 0.6 is 11.6 Å². The highest BCUT2D eigenvalue weighted by molar-refractivity contribution is 6.32. The average Bonchev–Trinajstić information content (AvgIpc) is 0.844. The van der Waals surface area contributed by atoms with Crippen molar-refractivity contribution in [3.05, 3.63) is 28.8 Å². The van der Waals surface area contributed by atoms with Gasteiger partial charge in [0.1, 0.15) is 60.1 Å². The van der Waals surface area contributed by atoms with Gasteiger partial charge in [0, 0.05) is 81.4 Å². The molecule has 2 saturated carbocycles. The maximum Gasteiger partial charge on any atom is 0.573 e. The summed E-state index contributed by atoms with van der Waals surface area (Å²) in [6.45, 7) is 9.54. The molecule has 0 spiro atoms. The molecule has 102 heavy (non-hydrogen) atoms. The second-order valence-electron chi connectivity index (χ2n) is 29.8. The Morgan fingerprint density at radius 2 is 1.27 bits per heavy atom. The van der Waals surface area contributed by atoms with Gasteiger partial charge in [0.15, 0.2) is 0 Å². The number of ether oxygens (including phenoxy) is 1. The van der Waals surface area contributed by atoms with Crippen LogP contribution in [0.25, 0.3) is 0 Å². The number of amides is 12. The molecule has 4 heterocycles. The average molecular weight is 1460 g/mol. The van der Waals surface area contributed by atoms with E-state index in [2.05, 4.69) is 20.7 Å². The zero-order valence-corrected chi connectivity index (χ0v) is 62.6. The standard InChI is InChI=1S/C73H112ClF3N12O13/c1-12-46(4)62-71(100)82(7)47(5)66(95)89-39-34-54(89)69(98)84(9)56(42-48-24-15-13-16-25-48)68(97)81(6)44-59(90)79-52(32-30-49-31-33-58(51(74)41-49)102-73(75,76)77)67(96)88-38-23-28-53(88)64(93)78-35-20-19-29-60(91)86(11)63(50-26-17-18-27-50)72(101)85(10)57(70(99)87-36-21-14-22-37-87)43-61(92)83(8)55(40-45(2)3)65(94)80-62/h31,33,41,45-48,50,52-57,62-63H,12-30,32,34-40,42-44H2,1-11H3,(H,78,93)(H,79,90)(H,80,94)/t46-,47-,52-,53-,54-,55-,56-,57-,62-,63-/m0/s1. The van der Waals surface area contributed by atoms with Gasteiger partial charge >= 0.3 is 6.36 Å². The first-order valence-electron chi connectivity index (χ1n) is 37.1. The molecule has 1 aromatic carbocycles. The summed E-state index contributed by atoms with van der Waals surface area (Å²) in [6, 6.07) is -6.67. The first kappa shape index (κ1) is 82.0. The highest BCUT2D eigenvalue weighted by atomic mass is 35.5. The Balaban J connectivity index is 1.21. The topological polar surface area (TPSA) is 279 Å². The minimum atomic E-state index is -5.03. The van der Waals surface area contributed by atoms with Crippen molar-refractivity contribution in [1.29, 1.82) is 0 Å². The molecule has 1 aromatic rings. The Hall–Kier alpha value is -7.26. The number of likely N-dealkylation sites (tertiary alicyclic amines) is 1. The largest absolute Gasteiger partial charge is 0.573 e. The molecule has 2 aliphatic carbocycles. The molecule has 29 heteroatoms. The van der Waals surface area contributed by atoms with Crippen molar-refractivity contribution in [1.82, 2.24) is 60.0 Å². The highest BCUT2D eigenvalue weighted by Gasteiger charge is 2.48. The van der Waals surface area contributed by atoms with E-state index in [1.807, 2.05) is 20.8 Å². The lowest BCUT2D eigenvalue weighted by Crippen LogP contribution is -2.65. The molecule has 0 bridgehead atoms. The number of carbonyl (C=O) groups excluding carboxylic acids is 12. The van der Waals surface area contributed by atoms with Gasteiger partial charge in [-0.3, -0.25) is 57.5 Å². The fourth-order valence-corrected chi connectivity index (χ4v) is 15.7. The van der Waals surface area contributed by atoms with Gasteiger partial charge in [0.2, 0.25) is 70.9 Å². The number of halogens is 4. The molecule has 6 aliphatic rings. The zero-order chi connectivity index (χ0) is 75.0. The van der Waals surface area contributed by atoms with Crippen LogP contribution in [0.4, 0.5) is 13.2 Å². The summed E-state index contributed by atoms with van der Waals surface area (Å²) in [5.74, 6) is -8.26. The second kappa shape index (κ2) is 37.4. The lowest BCUT2D eigenvalue weighted by Gasteiger charge is -2.45. The van der Waals surface area contributed by atoms with E-state index in [4.69, 9.17) is 11.6 Å². The summed E-state index contributed by atoms with van der Waals surface area (Å²) in [5.41, 5.74) is 0.392. The second-order valence-corrected chi connectivity index (χ2v) is 30.2. The lowest BCUT2D eigenvalue weighted by atomic mass is 9.84. The Morgan fingerprint density at radius 1 is 0.627 bits per heavy atom. The first-order chi connectivity index (χ1) is 48.2. The summed E-state index contributed by atoms with van der Waals surface area (Å²) in [7, 11) is 8.84. The monoisotopic (exact) mass is 1460 g/mol. The molecule has 25 nitrogen and oxygen atoms in total. The molecule has 4 aliphatic heterocycles. The van der Waals surface area contributed by atoms with Crippen LogP contribution < -0.4 is 20.7 Å². The predicted octanol–water partition coefficient (Wildman–Crippen LogP) is 6.30. The van der Waals surface area contributed by atoms with Gasteiger partial charge in [-0.1, -0.05) is 96.7 Å². The smallest absolute Gasteiger partial charge is 0.404 e. The number of hydrogen-bond donors (Lipinski definition) is 3. The fraction of sp³-hybridized carbons (Fsp3) is 0.753. The number of benzene rings is 1. The van der Waals surface area contributed by atoms with Crippen LogP contribution in [0.2, 0.25) is 5.02 Å².